The van der Waals surface area contributed by atoms with Crippen LogP contribution >= 0.6 is 0 Å². The van der Waals surface area contributed by atoms with Crippen LogP contribution in [-0.4, -0.2) is 44.0 Å². The van der Waals surface area contributed by atoms with Gasteiger partial charge in [-0.2, -0.15) is 10.1 Å². The Morgan fingerprint density at radius 1 is 1.19 bits per heavy atom. The number of nitrogens with one attached hydrogen (secondary N) is 2. The second-order valence-corrected chi connectivity index (χ2v) is 6.11. The van der Waals surface area contributed by atoms with Crippen molar-refractivity contribution in [3.05, 3.63) is 48.0 Å². The van der Waals surface area contributed by atoms with Crippen molar-refractivity contribution in [2.45, 2.75) is 19.3 Å². The molecule has 1 amide bonds. The highest BCUT2D eigenvalue weighted by Crippen LogP contribution is 2.17. The number of amides is 1. The SMILES string of the molecule is O=C(Nc1nc(N2CCCCC2)n[nH]1)c1ccn(-c2cccc(F)c2)n1. The summed E-state index contributed by atoms with van der Waals surface area (Å²) in [4.78, 5) is 18.8. The van der Waals surface area contributed by atoms with Gasteiger partial charge in [0.2, 0.25) is 11.9 Å². The minimum atomic E-state index is -0.415. The Kier molecular flexibility index (Phi) is 4.34. The van der Waals surface area contributed by atoms with Crippen LogP contribution < -0.4 is 10.2 Å². The molecular weight excluding hydrogens is 337 g/mol. The number of rotatable bonds is 4. The van der Waals surface area contributed by atoms with Gasteiger partial charge in [-0.1, -0.05) is 6.07 Å². The third-order valence-corrected chi connectivity index (χ3v) is 4.24. The summed E-state index contributed by atoms with van der Waals surface area (Å²) in [5.41, 5.74) is 0.737. The quantitative estimate of drug-likeness (QED) is 0.750. The zero-order chi connectivity index (χ0) is 17.9. The number of hydrogen-bond acceptors (Lipinski definition) is 5. The van der Waals surface area contributed by atoms with Gasteiger partial charge >= 0.3 is 0 Å². The van der Waals surface area contributed by atoms with Crippen LogP contribution in [0.5, 0.6) is 0 Å². The summed E-state index contributed by atoms with van der Waals surface area (Å²) in [7, 11) is 0. The monoisotopic (exact) mass is 355 g/mol. The van der Waals surface area contributed by atoms with Crippen molar-refractivity contribution in [2.75, 3.05) is 23.3 Å². The number of H-pyrrole nitrogens is 1. The van der Waals surface area contributed by atoms with Crippen LogP contribution in [0.1, 0.15) is 29.8 Å². The van der Waals surface area contributed by atoms with Gasteiger partial charge in [0.05, 0.1) is 5.69 Å². The molecule has 2 aromatic heterocycles. The predicted molar refractivity (Wildman–Crippen MR) is 93.9 cm³/mol. The molecule has 2 N–H and O–H groups in total. The van der Waals surface area contributed by atoms with Crippen molar-refractivity contribution < 1.29 is 9.18 Å². The lowest BCUT2D eigenvalue weighted by Crippen LogP contribution is -2.30. The van der Waals surface area contributed by atoms with E-state index in [4.69, 9.17) is 0 Å². The molecule has 0 spiro atoms. The molecule has 8 nitrogen and oxygen atoms in total. The lowest BCUT2D eigenvalue weighted by Gasteiger charge is -2.24. The van der Waals surface area contributed by atoms with Gasteiger partial charge in [-0.15, -0.1) is 5.10 Å². The number of hydrogen-bond donors (Lipinski definition) is 2. The van der Waals surface area contributed by atoms with Gasteiger partial charge < -0.3 is 4.90 Å². The normalized spacial score (nSPS) is 14.4. The van der Waals surface area contributed by atoms with Crippen molar-refractivity contribution >= 4 is 17.8 Å². The first-order valence-electron chi connectivity index (χ1n) is 8.49. The van der Waals surface area contributed by atoms with Gasteiger partial charge in [-0.3, -0.25) is 10.1 Å². The standard InChI is InChI=1S/C17H18FN7O/c18-12-5-4-6-13(11-12)25-10-7-14(23-25)15(26)19-16-20-17(22-21-16)24-8-2-1-3-9-24/h4-7,10-11H,1-3,8-9H2,(H2,19,20,21,22,26). The van der Waals surface area contributed by atoms with Crippen molar-refractivity contribution in [1.82, 2.24) is 25.0 Å². The summed E-state index contributed by atoms with van der Waals surface area (Å²) >= 11 is 0. The molecule has 1 aliphatic rings. The van der Waals surface area contributed by atoms with Gasteiger partial charge in [0, 0.05) is 19.3 Å². The molecule has 1 aromatic carbocycles. The number of halogens is 1. The van der Waals surface area contributed by atoms with E-state index in [0.717, 1.165) is 25.9 Å². The minimum absolute atomic E-state index is 0.199. The molecule has 1 aliphatic heterocycles. The first-order valence-corrected chi connectivity index (χ1v) is 8.49. The molecule has 9 heteroatoms. The number of benzene rings is 1. The molecule has 0 aliphatic carbocycles. The molecule has 0 saturated carbocycles. The maximum absolute atomic E-state index is 13.3. The van der Waals surface area contributed by atoms with E-state index in [0.29, 0.717) is 11.6 Å². The Morgan fingerprint density at radius 3 is 2.85 bits per heavy atom. The largest absolute Gasteiger partial charge is 0.340 e. The fourth-order valence-electron chi connectivity index (χ4n) is 2.92. The summed E-state index contributed by atoms with van der Waals surface area (Å²) in [6.07, 6.45) is 5.06. The van der Waals surface area contributed by atoms with E-state index in [2.05, 4.69) is 30.5 Å². The van der Waals surface area contributed by atoms with Crippen molar-refractivity contribution in [2.24, 2.45) is 0 Å². The number of carbonyl (C=O) groups excluding carboxylic acids is 1. The van der Waals surface area contributed by atoms with E-state index in [9.17, 15) is 9.18 Å². The van der Waals surface area contributed by atoms with E-state index in [1.807, 2.05) is 0 Å². The third-order valence-electron chi connectivity index (χ3n) is 4.24. The second kappa shape index (κ2) is 6.95. The van der Waals surface area contributed by atoms with Gasteiger partial charge in [0.1, 0.15) is 5.82 Å². The first-order chi connectivity index (χ1) is 12.7. The van der Waals surface area contributed by atoms with E-state index in [-0.39, 0.29) is 17.5 Å². The van der Waals surface area contributed by atoms with Crippen LogP contribution in [0.4, 0.5) is 16.3 Å². The number of nitrogens with zero attached hydrogens (tertiary/aromatic N) is 5. The van der Waals surface area contributed by atoms with Crippen LogP contribution in [0.3, 0.4) is 0 Å². The average Bonchev–Trinajstić information content (AvgIpc) is 3.32. The Bertz CT molecular complexity index is 913. The highest BCUT2D eigenvalue weighted by molar-refractivity contribution is 6.01. The zero-order valence-corrected chi connectivity index (χ0v) is 14.0. The van der Waals surface area contributed by atoms with Crippen LogP contribution in [0.25, 0.3) is 5.69 Å². The van der Waals surface area contributed by atoms with Crippen LogP contribution in [0, 0.1) is 5.82 Å². The Morgan fingerprint density at radius 2 is 2.04 bits per heavy atom. The van der Waals surface area contributed by atoms with Gasteiger partial charge in [-0.05, 0) is 43.5 Å². The van der Waals surface area contributed by atoms with Crippen molar-refractivity contribution in [3.8, 4) is 5.69 Å². The van der Waals surface area contributed by atoms with E-state index in [1.165, 1.54) is 23.2 Å². The maximum Gasteiger partial charge on any atom is 0.278 e. The molecular formula is C17H18FN7O. The molecule has 4 rings (SSSR count). The summed E-state index contributed by atoms with van der Waals surface area (Å²) in [6, 6.07) is 7.55. The van der Waals surface area contributed by atoms with Crippen molar-refractivity contribution in [1.29, 1.82) is 0 Å². The zero-order valence-electron chi connectivity index (χ0n) is 14.0. The summed E-state index contributed by atoms with van der Waals surface area (Å²) in [5, 5.41) is 13.7. The minimum Gasteiger partial charge on any atom is -0.340 e. The number of carbonyl (C=O) groups is 1. The maximum atomic E-state index is 13.3. The molecule has 1 fully saturated rings. The number of aromatic amines is 1. The van der Waals surface area contributed by atoms with Crippen molar-refractivity contribution in [3.63, 3.8) is 0 Å². The Labute approximate surface area is 149 Å². The number of anilines is 2. The molecule has 0 unspecified atom stereocenters. The summed E-state index contributed by atoms with van der Waals surface area (Å²) in [5.74, 6) is 0.0820. The van der Waals surface area contributed by atoms with Crippen LogP contribution in [0.2, 0.25) is 0 Å². The smallest absolute Gasteiger partial charge is 0.278 e. The molecule has 134 valence electrons. The van der Waals surface area contributed by atoms with Crippen LogP contribution in [0.15, 0.2) is 36.5 Å². The number of aromatic nitrogens is 5. The molecule has 0 bridgehead atoms. The Balaban J connectivity index is 1.45. The molecule has 0 radical (unpaired) electrons. The topological polar surface area (TPSA) is 91.7 Å². The average molecular weight is 355 g/mol. The highest BCUT2D eigenvalue weighted by Gasteiger charge is 2.17. The molecule has 26 heavy (non-hydrogen) atoms. The predicted octanol–water partition coefficient (Wildman–Crippen LogP) is 2.37. The van der Waals surface area contributed by atoms with E-state index < -0.39 is 5.91 Å². The highest BCUT2D eigenvalue weighted by atomic mass is 19.1. The lowest BCUT2D eigenvalue weighted by molar-refractivity contribution is 0.102. The fraction of sp³-hybridized carbons (Fsp3) is 0.294. The van der Waals surface area contributed by atoms with Gasteiger partial charge in [0.15, 0.2) is 5.69 Å². The Hall–Kier alpha value is -3.23. The molecule has 3 heterocycles. The molecule has 3 aromatic rings. The third kappa shape index (κ3) is 3.41. The van der Waals surface area contributed by atoms with Gasteiger partial charge in [0.25, 0.3) is 5.91 Å². The molecule has 0 atom stereocenters. The summed E-state index contributed by atoms with van der Waals surface area (Å²) < 4.78 is 14.8. The first kappa shape index (κ1) is 16.2. The van der Waals surface area contributed by atoms with Gasteiger partial charge in [-0.25, -0.2) is 14.2 Å². The van der Waals surface area contributed by atoms with Crippen LogP contribution in [-0.2, 0) is 0 Å². The number of piperidine rings is 1. The molecule has 1 saturated heterocycles. The fourth-order valence-corrected chi connectivity index (χ4v) is 2.92. The lowest BCUT2D eigenvalue weighted by atomic mass is 10.1. The van der Waals surface area contributed by atoms with E-state index in [1.54, 1.807) is 24.4 Å². The van der Waals surface area contributed by atoms with E-state index >= 15 is 0 Å². The second-order valence-electron chi connectivity index (χ2n) is 6.11. The summed E-state index contributed by atoms with van der Waals surface area (Å²) in [6.45, 7) is 1.84.